The zero-order chi connectivity index (χ0) is 24.2. The van der Waals surface area contributed by atoms with Gasteiger partial charge in [-0.25, -0.2) is 4.79 Å². The van der Waals surface area contributed by atoms with E-state index < -0.39 is 24.5 Å². The predicted octanol–water partition coefficient (Wildman–Crippen LogP) is 4.15. The molecule has 4 rings (SSSR count). The van der Waals surface area contributed by atoms with E-state index in [-0.39, 0.29) is 29.2 Å². The third-order valence-corrected chi connectivity index (χ3v) is 5.66. The number of carbonyl (C=O) groups excluding carboxylic acids is 4. The fraction of sp³-hybridized carbons (Fsp3) is 0.185. The number of ketones is 1. The Morgan fingerprint density at radius 1 is 0.941 bits per heavy atom. The van der Waals surface area contributed by atoms with Crippen LogP contribution in [0.1, 0.15) is 45.2 Å². The Kier molecular flexibility index (Phi) is 6.54. The first kappa shape index (κ1) is 22.9. The van der Waals surface area contributed by atoms with Crippen LogP contribution in [0.5, 0.6) is 0 Å². The molecule has 0 aliphatic carbocycles. The average molecular weight is 456 g/mol. The summed E-state index contributed by atoms with van der Waals surface area (Å²) in [6, 6.07) is 20.0. The zero-order valence-corrected chi connectivity index (χ0v) is 18.9. The SMILES string of the molecule is Cc1ccc(C(=O)c2ccccc2C(=O)OCC(=O)N2c3ccccc3NC(=O)CC2C)cc1. The van der Waals surface area contributed by atoms with Crippen LogP contribution < -0.4 is 10.2 Å². The molecule has 0 radical (unpaired) electrons. The number of nitrogens with one attached hydrogen (secondary N) is 1. The van der Waals surface area contributed by atoms with Crippen LogP contribution in [0.4, 0.5) is 11.4 Å². The third-order valence-electron chi connectivity index (χ3n) is 5.66. The number of para-hydroxylation sites is 2. The van der Waals surface area contributed by atoms with E-state index in [0.717, 1.165) is 5.56 Å². The van der Waals surface area contributed by atoms with Crippen molar-refractivity contribution in [3.63, 3.8) is 0 Å². The van der Waals surface area contributed by atoms with E-state index in [0.29, 0.717) is 16.9 Å². The summed E-state index contributed by atoms with van der Waals surface area (Å²) < 4.78 is 5.33. The molecule has 1 heterocycles. The molecule has 34 heavy (non-hydrogen) atoms. The number of hydrogen-bond donors (Lipinski definition) is 1. The monoisotopic (exact) mass is 456 g/mol. The van der Waals surface area contributed by atoms with E-state index >= 15 is 0 Å². The maximum Gasteiger partial charge on any atom is 0.339 e. The molecule has 0 bridgehead atoms. The van der Waals surface area contributed by atoms with Gasteiger partial charge in [0.15, 0.2) is 12.4 Å². The lowest BCUT2D eigenvalue weighted by molar-refractivity contribution is -0.122. The highest BCUT2D eigenvalue weighted by molar-refractivity contribution is 6.14. The molecule has 0 saturated carbocycles. The highest BCUT2D eigenvalue weighted by Gasteiger charge is 2.30. The summed E-state index contributed by atoms with van der Waals surface area (Å²) in [6.45, 7) is 3.15. The quantitative estimate of drug-likeness (QED) is 0.460. The van der Waals surface area contributed by atoms with Gasteiger partial charge >= 0.3 is 5.97 Å². The first-order chi connectivity index (χ1) is 16.3. The van der Waals surface area contributed by atoms with E-state index in [2.05, 4.69) is 5.32 Å². The van der Waals surface area contributed by atoms with E-state index in [4.69, 9.17) is 4.74 Å². The highest BCUT2D eigenvalue weighted by Crippen LogP contribution is 2.31. The van der Waals surface area contributed by atoms with Crippen molar-refractivity contribution in [3.05, 3.63) is 95.1 Å². The summed E-state index contributed by atoms with van der Waals surface area (Å²) in [7, 11) is 0. The molecule has 3 aromatic carbocycles. The highest BCUT2D eigenvalue weighted by atomic mass is 16.5. The number of fused-ring (bicyclic) bond motifs is 1. The maximum atomic E-state index is 13.1. The van der Waals surface area contributed by atoms with Crippen LogP contribution >= 0.6 is 0 Å². The second kappa shape index (κ2) is 9.70. The van der Waals surface area contributed by atoms with E-state index in [1.54, 1.807) is 61.5 Å². The molecule has 1 aliphatic rings. The number of rotatable bonds is 5. The van der Waals surface area contributed by atoms with Gasteiger partial charge in [0.25, 0.3) is 5.91 Å². The molecular weight excluding hydrogens is 432 g/mol. The molecule has 1 aliphatic heterocycles. The fourth-order valence-electron chi connectivity index (χ4n) is 3.96. The van der Waals surface area contributed by atoms with Crippen LogP contribution in [-0.2, 0) is 14.3 Å². The summed E-state index contributed by atoms with van der Waals surface area (Å²) >= 11 is 0. The lowest BCUT2D eigenvalue weighted by Gasteiger charge is -2.27. The Hall–Kier alpha value is -4.26. The van der Waals surface area contributed by atoms with Crippen molar-refractivity contribution in [3.8, 4) is 0 Å². The largest absolute Gasteiger partial charge is 0.452 e. The lowest BCUT2D eigenvalue weighted by Crippen LogP contribution is -2.41. The molecule has 2 amide bonds. The Bertz CT molecular complexity index is 1270. The standard InChI is InChI=1S/C27H24N2O5/c1-17-11-13-19(14-12-17)26(32)20-7-3-4-8-21(20)27(33)34-16-25(31)29-18(2)15-24(30)28-22-9-5-6-10-23(22)29/h3-14,18H,15-16H2,1-2H3,(H,28,30). The van der Waals surface area contributed by atoms with E-state index in [9.17, 15) is 19.2 Å². The van der Waals surface area contributed by atoms with Crippen molar-refractivity contribution in [2.75, 3.05) is 16.8 Å². The molecule has 3 aromatic rings. The third kappa shape index (κ3) is 4.73. The summed E-state index contributed by atoms with van der Waals surface area (Å²) in [5.74, 6) is -1.74. The molecule has 0 spiro atoms. The van der Waals surface area contributed by atoms with E-state index in [1.165, 1.54) is 11.0 Å². The maximum absolute atomic E-state index is 13.1. The van der Waals surface area contributed by atoms with Crippen LogP contribution in [0.3, 0.4) is 0 Å². The Morgan fingerprint density at radius 2 is 1.59 bits per heavy atom. The lowest BCUT2D eigenvalue weighted by atomic mass is 9.98. The van der Waals surface area contributed by atoms with Gasteiger partial charge in [0.1, 0.15) is 0 Å². The Balaban J connectivity index is 1.52. The van der Waals surface area contributed by atoms with Crippen LogP contribution in [-0.4, -0.2) is 36.2 Å². The van der Waals surface area contributed by atoms with Gasteiger partial charge in [0, 0.05) is 23.6 Å². The minimum atomic E-state index is -0.769. The van der Waals surface area contributed by atoms with Gasteiger partial charge in [-0.3, -0.25) is 14.4 Å². The van der Waals surface area contributed by atoms with Gasteiger partial charge in [-0.15, -0.1) is 0 Å². The van der Waals surface area contributed by atoms with Crippen LogP contribution in [0.2, 0.25) is 0 Å². The van der Waals surface area contributed by atoms with Gasteiger partial charge in [0.05, 0.1) is 16.9 Å². The molecule has 1 N–H and O–H groups in total. The second-order valence-electron chi connectivity index (χ2n) is 8.20. The Morgan fingerprint density at radius 3 is 2.32 bits per heavy atom. The van der Waals surface area contributed by atoms with Crippen molar-refractivity contribution >= 4 is 34.9 Å². The molecular formula is C27H24N2O5. The summed E-state index contributed by atoms with van der Waals surface area (Å²) in [5, 5.41) is 2.79. The minimum absolute atomic E-state index is 0.0852. The van der Waals surface area contributed by atoms with Crippen LogP contribution in [0, 0.1) is 6.92 Å². The van der Waals surface area contributed by atoms with Gasteiger partial charge < -0.3 is 15.0 Å². The summed E-state index contributed by atoms with van der Waals surface area (Å²) in [4.78, 5) is 52.6. The predicted molar refractivity (Wildman–Crippen MR) is 128 cm³/mol. The number of hydrogen-bond acceptors (Lipinski definition) is 5. The van der Waals surface area contributed by atoms with Crippen molar-refractivity contribution < 1.29 is 23.9 Å². The molecule has 7 nitrogen and oxygen atoms in total. The van der Waals surface area contributed by atoms with Gasteiger partial charge in [-0.05, 0) is 32.0 Å². The second-order valence-corrected chi connectivity index (χ2v) is 8.20. The molecule has 0 fully saturated rings. The number of nitrogens with zero attached hydrogens (tertiary/aromatic N) is 1. The molecule has 172 valence electrons. The van der Waals surface area contributed by atoms with Crippen LogP contribution in [0.15, 0.2) is 72.8 Å². The smallest absolute Gasteiger partial charge is 0.339 e. The van der Waals surface area contributed by atoms with Crippen molar-refractivity contribution in [1.82, 2.24) is 0 Å². The number of benzene rings is 3. The number of ether oxygens (including phenoxy) is 1. The van der Waals surface area contributed by atoms with Gasteiger partial charge in [-0.2, -0.15) is 0 Å². The first-order valence-electron chi connectivity index (χ1n) is 10.9. The summed E-state index contributed by atoms with van der Waals surface area (Å²) in [6.07, 6.45) is 0.113. The molecule has 0 saturated heterocycles. The average Bonchev–Trinajstić information content (AvgIpc) is 2.96. The molecule has 0 aromatic heterocycles. The number of amides is 2. The number of carbonyl (C=O) groups is 4. The van der Waals surface area contributed by atoms with Crippen molar-refractivity contribution in [1.29, 1.82) is 0 Å². The van der Waals surface area contributed by atoms with Gasteiger partial charge in [-0.1, -0.05) is 60.2 Å². The summed E-state index contributed by atoms with van der Waals surface area (Å²) in [5.41, 5.74) is 2.81. The van der Waals surface area contributed by atoms with Crippen molar-refractivity contribution in [2.45, 2.75) is 26.3 Å². The topological polar surface area (TPSA) is 92.8 Å². The molecule has 1 atom stereocenters. The first-order valence-corrected chi connectivity index (χ1v) is 10.9. The van der Waals surface area contributed by atoms with Crippen molar-refractivity contribution in [2.24, 2.45) is 0 Å². The molecule has 1 unspecified atom stereocenters. The fourth-order valence-corrected chi connectivity index (χ4v) is 3.96. The van der Waals surface area contributed by atoms with Crippen LogP contribution in [0.25, 0.3) is 0 Å². The number of aryl methyl sites for hydroxylation is 1. The number of anilines is 2. The molecule has 7 heteroatoms. The van der Waals surface area contributed by atoms with Gasteiger partial charge in [0.2, 0.25) is 5.91 Å². The zero-order valence-electron chi connectivity index (χ0n) is 18.9. The Labute approximate surface area is 197 Å². The number of esters is 1. The van der Waals surface area contributed by atoms with E-state index in [1.807, 2.05) is 19.1 Å². The minimum Gasteiger partial charge on any atom is -0.452 e. The normalized spacial score (nSPS) is 15.1.